The highest BCUT2D eigenvalue weighted by atomic mass is 19.1. The third kappa shape index (κ3) is 3.29. The minimum atomic E-state index is -0.447. The summed E-state index contributed by atoms with van der Waals surface area (Å²) < 4.78 is 24.0. The first kappa shape index (κ1) is 13.0. The van der Waals surface area contributed by atoms with Gasteiger partial charge >= 0.3 is 0 Å². The number of ether oxygens (including phenoxy) is 2. The first-order valence-electron chi connectivity index (χ1n) is 6.85. The van der Waals surface area contributed by atoms with Crippen molar-refractivity contribution >= 4 is 0 Å². The van der Waals surface area contributed by atoms with Crippen LogP contribution in [0.5, 0.6) is 0 Å². The summed E-state index contributed by atoms with van der Waals surface area (Å²) in [7, 11) is 0. The van der Waals surface area contributed by atoms with Gasteiger partial charge in [0.1, 0.15) is 0 Å². The van der Waals surface area contributed by atoms with Crippen molar-refractivity contribution in [1.29, 1.82) is 0 Å². The lowest BCUT2D eigenvalue weighted by Gasteiger charge is -2.22. The smallest absolute Gasteiger partial charge is 0.212 e. The fourth-order valence-corrected chi connectivity index (χ4v) is 2.74. The Hall–Kier alpha value is -1.04. The van der Waals surface area contributed by atoms with Gasteiger partial charge in [0.2, 0.25) is 5.95 Å². The molecule has 2 fully saturated rings. The standard InChI is InChI=1S/C14H19FN2O2/c15-14-2-1-11(7-16-14)9-19-13-3-5-17(8-13)12-4-6-18-10-12/h1-2,7,12-13H,3-6,8-10H2/t12?,13-/m1/s1. The van der Waals surface area contributed by atoms with Crippen LogP contribution in [0.15, 0.2) is 18.3 Å². The maximum absolute atomic E-state index is 12.7. The number of rotatable bonds is 4. The largest absolute Gasteiger partial charge is 0.380 e. The zero-order valence-corrected chi connectivity index (χ0v) is 10.9. The van der Waals surface area contributed by atoms with Gasteiger partial charge in [-0.25, -0.2) is 4.98 Å². The molecule has 3 rings (SSSR count). The average molecular weight is 266 g/mol. The fourth-order valence-electron chi connectivity index (χ4n) is 2.74. The summed E-state index contributed by atoms with van der Waals surface area (Å²) in [5.41, 5.74) is 0.920. The van der Waals surface area contributed by atoms with E-state index in [-0.39, 0.29) is 6.10 Å². The normalized spacial score (nSPS) is 28.1. The van der Waals surface area contributed by atoms with E-state index in [9.17, 15) is 4.39 Å². The molecule has 0 N–H and O–H groups in total. The van der Waals surface area contributed by atoms with Crippen LogP contribution in [0.2, 0.25) is 0 Å². The molecule has 0 radical (unpaired) electrons. The van der Waals surface area contributed by atoms with Gasteiger partial charge in [-0.3, -0.25) is 4.90 Å². The van der Waals surface area contributed by atoms with Crippen LogP contribution in [0, 0.1) is 5.95 Å². The number of aromatic nitrogens is 1. The number of nitrogens with zero attached hydrogens (tertiary/aromatic N) is 2. The van der Waals surface area contributed by atoms with Crippen LogP contribution in [-0.2, 0) is 16.1 Å². The van der Waals surface area contributed by atoms with E-state index in [4.69, 9.17) is 9.47 Å². The van der Waals surface area contributed by atoms with Gasteiger partial charge in [-0.05, 0) is 24.5 Å². The molecular weight excluding hydrogens is 247 g/mol. The molecule has 1 aromatic rings. The molecule has 5 heteroatoms. The third-order valence-corrected chi connectivity index (χ3v) is 3.87. The lowest BCUT2D eigenvalue weighted by atomic mass is 10.2. The van der Waals surface area contributed by atoms with Crippen molar-refractivity contribution in [3.63, 3.8) is 0 Å². The lowest BCUT2D eigenvalue weighted by Crippen LogP contribution is -2.34. The molecule has 0 saturated carbocycles. The van der Waals surface area contributed by atoms with E-state index in [1.54, 1.807) is 6.07 Å². The van der Waals surface area contributed by atoms with Crippen molar-refractivity contribution in [1.82, 2.24) is 9.88 Å². The minimum Gasteiger partial charge on any atom is -0.380 e. The van der Waals surface area contributed by atoms with Crippen LogP contribution in [0.4, 0.5) is 4.39 Å². The summed E-state index contributed by atoms with van der Waals surface area (Å²) >= 11 is 0. The molecule has 4 nitrogen and oxygen atoms in total. The van der Waals surface area contributed by atoms with Crippen LogP contribution in [0.1, 0.15) is 18.4 Å². The third-order valence-electron chi connectivity index (χ3n) is 3.87. The number of hydrogen-bond acceptors (Lipinski definition) is 4. The molecule has 104 valence electrons. The molecule has 2 saturated heterocycles. The summed E-state index contributed by atoms with van der Waals surface area (Å²) in [5.74, 6) is -0.447. The van der Waals surface area contributed by atoms with E-state index in [1.807, 2.05) is 0 Å². The first-order chi connectivity index (χ1) is 9.31. The highest BCUT2D eigenvalue weighted by Gasteiger charge is 2.30. The maximum Gasteiger partial charge on any atom is 0.212 e. The van der Waals surface area contributed by atoms with Crippen LogP contribution in [0.3, 0.4) is 0 Å². The maximum atomic E-state index is 12.7. The van der Waals surface area contributed by atoms with E-state index in [2.05, 4.69) is 9.88 Å². The Morgan fingerprint density at radius 3 is 3.11 bits per heavy atom. The second-order valence-electron chi connectivity index (χ2n) is 5.22. The van der Waals surface area contributed by atoms with Crippen LogP contribution < -0.4 is 0 Å². The predicted molar refractivity (Wildman–Crippen MR) is 68.2 cm³/mol. The van der Waals surface area contributed by atoms with Gasteiger partial charge in [0.15, 0.2) is 0 Å². The summed E-state index contributed by atoms with van der Waals surface area (Å²) in [6.07, 6.45) is 4.00. The van der Waals surface area contributed by atoms with Gasteiger partial charge in [-0.1, -0.05) is 6.07 Å². The van der Waals surface area contributed by atoms with Gasteiger partial charge in [0.05, 0.1) is 19.3 Å². The molecule has 0 bridgehead atoms. The summed E-state index contributed by atoms with van der Waals surface area (Å²) in [6, 6.07) is 3.66. The Bertz CT molecular complexity index is 406. The Kier molecular flexibility index (Phi) is 4.06. The molecule has 2 atom stereocenters. The molecule has 1 aromatic heterocycles. The van der Waals surface area contributed by atoms with Gasteiger partial charge < -0.3 is 9.47 Å². The molecule has 0 aromatic carbocycles. The van der Waals surface area contributed by atoms with Crippen molar-refractivity contribution in [2.45, 2.75) is 31.6 Å². The first-order valence-corrected chi connectivity index (χ1v) is 6.85. The summed E-state index contributed by atoms with van der Waals surface area (Å²) in [6.45, 7) is 4.30. The molecule has 0 aliphatic carbocycles. The van der Waals surface area contributed by atoms with Crippen molar-refractivity contribution in [3.8, 4) is 0 Å². The second-order valence-corrected chi connectivity index (χ2v) is 5.22. The molecule has 3 heterocycles. The SMILES string of the molecule is Fc1ccc(CO[C@@H]2CCN(C3CCOC3)C2)cn1. The molecular formula is C14H19FN2O2. The predicted octanol–water partition coefficient (Wildman–Crippen LogP) is 1.60. The summed E-state index contributed by atoms with van der Waals surface area (Å²) in [5, 5.41) is 0. The van der Waals surface area contributed by atoms with Crippen molar-refractivity contribution in [3.05, 3.63) is 29.8 Å². The molecule has 2 aliphatic rings. The van der Waals surface area contributed by atoms with E-state index in [0.29, 0.717) is 12.6 Å². The van der Waals surface area contributed by atoms with Gasteiger partial charge in [-0.2, -0.15) is 4.39 Å². The number of pyridine rings is 1. The average Bonchev–Trinajstić information content (AvgIpc) is 3.09. The topological polar surface area (TPSA) is 34.6 Å². The molecule has 1 unspecified atom stereocenters. The Morgan fingerprint density at radius 1 is 1.42 bits per heavy atom. The number of halogens is 1. The van der Waals surface area contributed by atoms with Crippen molar-refractivity contribution < 1.29 is 13.9 Å². The molecule has 19 heavy (non-hydrogen) atoms. The van der Waals surface area contributed by atoms with E-state index >= 15 is 0 Å². The Labute approximate surface area is 112 Å². The zero-order valence-electron chi connectivity index (χ0n) is 10.9. The highest BCUT2D eigenvalue weighted by molar-refractivity contribution is 5.07. The van der Waals surface area contributed by atoms with Crippen LogP contribution >= 0.6 is 0 Å². The van der Waals surface area contributed by atoms with Crippen LogP contribution in [-0.4, -0.2) is 48.3 Å². The fraction of sp³-hybridized carbons (Fsp3) is 0.643. The van der Waals surface area contributed by atoms with E-state index in [0.717, 1.165) is 44.7 Å². The van der Waals surface area contributed by atoms with Crippen molar-refractivity contribution in [2.75, 3.05) is 26.3 Å². The molecule has 0 spiro atoms. The minimum absolute atomic E-state index is 0.269. The van der Waals surface area contributed by atoms with E-state index in [1.165, 1.54) is 12.3 Å². The molecule has 0 amide bonds. The second kappa shape index (κ2) is 5.94. The molecule has 2 aliphatic heterocycles. The van der Waals surface area contributed by atoms with Gasteiger partial charge in [0.25, 0.3) is 0 Å². The van der Waals surface area contributed by atoms with Crippen LogP contribution in [0.25, 0.3) is 0 Å². The van der Waals surface area contributed by atoms with Crippen molar-refractivity contribution in [2.24, 2.45) is 0 Å². The highest BCUT2D eigenvalue weighted by Crippen LogP contribution is 2.21. The van der Waals surface area contributed by atoms with Gasteiger partial charge in [-0.15, -0.1) is 0 Å². The summed E-state index contributed by atoms with van der Waals surface area (Å²) in [4.78, 5) is 6.09. The Balaban J connectivity index is 1.45. The quantitative estimate of drug-likeness (QED) is 0.775. The zero-order chi connectivity index (χ0) is 13.1. The number of hydrogen-bond donors (Lipinski definition) is 0. The number of likely N-dealkylation sites (tertiary alicyclic amines) is 1. The van der Waals surface area contributed by atoms with Gasteiger partial charge in [0, 0.05) is 31.9 Å². The van der Waals surface area contributed by atoms with E-state index < -0.39 is 5.95 Å². The Morgan fingerprint density at radius 2 is 2.37 bits per heavy atom. The monoisotopic (exact) mass is 266 g/mol. The lowest BCUT2D eigenvalue weighted by molar-refractivity contribution is 0.0421.